The second-order valence-electron chi connectivity index (χ2n) is 6.79. The number of hydrogen-bond donors (Lipinski definition) is 2. The number of aromatic nitrogens is 1. The Morgan fingerprint density at radius 3 is 2.71 bits per heavy atom. The van der Waals surface area contributed by atoms with Crippen molar-refractivity contribution in [3.63, 3.8) is 0 Å². The molecule has 1 amide bonds. The first-order valence-corrected chi connectivity index (χ1v) is 10.9. The quantitative estimate of drug-likeness (QED) is 0.358. The van der Waals surface area contributed by atoms with Gasteiger partial charge in [0.05, 0.1) is 24.6 Å². The van der Waals surface area contributed by atoms with Crippen molar-refractivity contribution in [1.29, 1.82) is 0 Å². The highest BCUT2D eigenvalue weighted by Crippen LogP contribution is 2.28. The van der Waals surface area contributed by atoms with Gasteiger partial charge in [0.25, 0.3) is 5.91 Å². The molecule has 1 atom stereocenters. The molecule has 0 spiro atoms. The highest BCUT2D eigenvalue weighted by Gasteiger charge is 2.12. The number of hydrogen-bond acceptors (Lipinski definition) is 7. The topological polar surface area (TPSA) is 84.8 Å². The summed E-state index contributed by atoms with van der Waals surface area (Å²) in [7, 11) is 0. The molecule has 3 rings (SSSR count). The zero-order valence-electron chi connectivity index (χ0n) is 17.8. The summed E-state index contributed by atoms with van der Waals surface area (Å²) >= 11 is 1.49. The van der Waals surface area contributed by atoms with Gasteiger partial charge >= 0.3 is 0 Å². The number of carbonyl (C=O) groups excluding carboxylic acids is 1. The molecular formula is C23H26N4O3S. The number of carbonyl (C=O) groups is 1. The number of aryl methyl sites for hydroxylation is 1. The minimum atomic E-state index is -0.201. The number of benzene rings is 2. The number of hydrazone groups is 1. The summed E-state index contributed by atoms with van der Waals surface area (Å²) < 4.78 is 11.4. The molecule has 1 heterocycles. The van der Waals surface area contributed by atoms with Crippen LogP contribution in [0.15, 0.2) is 59.0 Å². The lowest BCUT2D eigenvalue weighted by molar-refractivity contribution is -0.123. The van der Waals surface area contributed by atoms with Gasteiger partial charge in [-0.15, -0.1) is 11.3 Å². The van der Waals surface area contributed by atoms with Crippen LogP contribution in [-0.2, 0) is 4.79 Å². The van der Waals surface area contributed by atoms with Crippen LogP contribution in [0, 0.1) is 6.92 Å². The summed E-state index contributed by atoms with van der Waals surface area (Å²) in [6.45, 7) is 6.14. The molecule has 2 N–H and O–H groups in total. The van der Waals surface area contributed by atoms with Crippen molar-refractivity contribution in [2.75, 3.05) is 18.6 Å². The van der Waals surface area contributed by atoms with E-state index in [9.17, 15) is 4.79 Å². The van der Waals surface area contributed by atoms with E-state index < -0.39 is 0 Å². The van der Waals surface area contributed by atoms with E-state index in [0.29, 0.717) is 18.1 Å². The fourth-order valence-corrected chi connectivity index (χ4v) is 3.45. The summed E-state index contributed by atoms with van der Waals surface area (Å²) in [4.78, 5) is 16.6. The molecule has 0 aliphatic carbocycles. The largest absolute Gasteiger partial charge is 0.490 e. The molecular weight excluding hydrogens is 412 g/mol. The van der Waals surface area contributed by atoms with E-state index in [1.165, 1.54) is 11.3 Å². The molecule has 162 valence electrons. The maximum atomic E-state index is 12.3. The van der Waals surface area contributed by atoms with Crippen molar-refractivity contribution in [1.82, 2.24) is 10.3 Å². The molecule has 0 radical (unpaired) electrons. The number of ether oxygens (including phenoxy) is 2. The van der Waals surface area contributed by atoms with Gasteiger partial charge in [0.2, 0.25) is 5.13 Å². The second-order valence-corrected chi connectivity index (χ2v) is 7.65. The molecule has 0 saturated carbocycles. The van der Waals surface area contributed by atoms with Gasteiger partial charge in [0, 0.05) is 5.38 Å². The Balaban J connectivity index is 1.58. The first kappa shape index (κ1) is 22.3. The number of thiazole rings is 1. The first-order valence-electron chi connectivity index (χ1n) is 10.00. The van der Waals surface area contributed by atoms with E-state index in [2.05, 4.69) is 20.8 Å². The Morgan fingerprint density at radius 1 is 1.19 bits per heavy atom. The van der Waals surface area contributed by atoms with Crippen molar-refractivity contribution >= 4 is 28.6 Å². The fraction of sp³-hybridized carbons (Fsp3) is 0.261. The van der Waals surface area contributed by atoms with Crippen molar-refractivity contribution in [2.24, 2.45) is 5.10 Å². The standard InChI is InChI=1S/C23H26N4O3S/c1-4-29-21-12-18(13-24-27-23-25-16(2)15-31-23)10-11-20(21)30-14-22(28)26-17(3)19-8-6-5-7-9-19/h5-13,15,17H,4,14H2,1-3H3,(H,25,27)(H,26,28). The summed E-state index contributed by atoms with van der Waals surface area (Å²) in [5, 5.41) is 9.82. The van der Waals surface area contributed by atoms with Crippen LogP contribution in [0.25, 0.3) is 0 Å². The monoisotopic (exact) mass is 438 g/mol. The van der Waals surface area contributed by atoms with Crippen LogP contribution in [0.1, 0.15) is 36.7 Å². The lowest BCUT2D eigenvalue weighted by atomic mass is 10.1. The summed E-state index contributed by atoms with van der Waals surface area (Å²) in [6, 6.07) is 15.1. The van der Waals surface area contributed by atoms with Crippen molar-refractivity contribution < 1.29 is 14.3 Å². The molecule has 1 aromatic heterocycles. The average Bonchev–Trinajstić information content (AvgIpc) is 3.19. The van der Waals surface area contributed by atoms with E-state index in [4.69, 9.17) is 9.47 Å². The minimum absolute atomic E-state index is 0.101. The lowest BCUT2D eigenvalue weighted by Crippen LogP contribution is -2.31. The number of rotatable bonds is 10. The van der Waals surface area contributed by atoms with Crippen LogP contribution in [0.5, 0.6) is 11.5 Å². The second kappa shape index (κ2) is 11.1. The van der Waals surface area contributed by atoms with Gasteiger partial charge in [-0.3, -0.25) is 10.2 Å². The summed E-state index contributed by atoms with van der Waals surface area (Å²) in [6.07, 6.45) is 1.68. The molecule has 1 unspecified atom stereocenters. The van der Waals surface area contributed by atoms with E-state index in [1.807, 2.05) is 68.6 Å². The normalized spacial score (nSPS) is 11.8. The van der Waals surface area contributed by atoms with Gasteiger partial charge in [-0.1, -0.05) is 30.3 Å². The Morgan fingerprint density at radius 2 is 2.00 bits per heavy atom. The van der Waals surface area contributed by atoms with E-state index in [1.54, 1.807) is 12.3 Å². The van der Waals surface area contributed by atoms with Crippen LogP contribution >= 0.6 is 11.3 Å². The molecule has 2 aromatic carbocycles. The molecule has 0 aliphatic heterocycles. The highest BCUT2D eigenvalue weighted by molar-refractivity contribution is 7.13. The maximum Gasteiger partial charge on any atom is 0.258 e. The van der Waals surface area contributed by atoms with Crippen molar-refractivity contribution in [2.45, 2.75) is 26.8 Å². The number of nitrogens with one attached hydrogen (secondary N) is 2. The van der Waals surface area contributed by atoms with Crippen molar-refractivity contribution in [3.8, 4) is 11.5 Å². The summed E-state index contributed by atoms with van der Waals surface area (Å²) in [5.41, 5.74) is 5.72. The number of anilines is 1. The third kappa shape index (κ3) is 6.82. The minimum Gasteiger partial charge on any atom is -0.490 e. The molecule has 7 nitrogen and oxygen atoms in total. The third-order valence-electron chi connectivity index (χ3n) is 4.30. The lowest BCUT2D eigenvalue weighted by Gasteiger charge is -2.16. The Bertz CT molecular complexity index is 1020. The fourth-order valence-electron chi connectivity index (χ4n) is 2.81. The SMILES string of the molecule is CCOc1cc(C=NNc2nc(C)cs2)ccc1OCC(=O)NC(C)c1ccccc1. The molecule has 0 aliphatic rings. The predicted molar refractivity (Wildman–Crippen MR) is 124 cm³/mol. The van der Waals surface area contributed by atoms with Gasteiger partial charge in [-0.2, -0.15) is 5.10 Å². The van der Waals surface area contributed by atoms with Gasteiger partial charge in [0.1, 0.15) is 0 Å². The zero-order valence-corrected chi connectivity index (χ0v) is 18.6. The number of nitrogens with zero attached hydrogens (tertiary/aromatic N) is 2. The molecule has 31 heavy (non-hydrogen) atoms. The van der Waals surface area contributed by atoms with E-state index in [-0.39, 0.29) is 18.6 Å². The van der Waals surface area contributed by atoms with Crippen molar-refractivity contribution in [3.05, 3.63) is 70.7 Å². The van der Waals surface area contributed by atoms with Crippen LogP contribution < -0.4 is 20.2 Å². The Labute approximate surface area is 186 Å². The van der Waals surface area contributed by atoms with Crippen LogP contribution in [0.4, 0.5) is 5.13 Å². The molecule has 0 bridgehead atoms. The van der Waals surface area contributed by atoms with Gasteiger partial charge < -0.3 is 14.8 Å². The summed E-state index contributed by atoms with van der Waals surface area (Å²) in [5.74, 6) is 0.859. The van der Waals surface area contributed by atoms with E-state index >= 15 is 0 Å². The zero-order chi connectivity index (χ0) is 22.1. The maximum absolute atomic E-state index is 12.3. The smallest absolute Gasteiger partial charge is 0.258 e. The highest BCUT2D eigenvalue weighted by atomic mass is 32.1. The van der Waals surface area contributed by atoms with Crippen LogP contribution in [0.2, 0.25) is 0 Å². The predicted octanol–water partition coefficient (Wildman–Crippen LogP) is 4.55. The molecule has 3 aromatic rings. The van der Waals surface area contributed by atoms with Gasteiger partial charge in [-0.25, -0.2) is 4.98 Å². The first-order chi connectivity index (χ1) is 15.0. The van der Waals surface area contributed by atoms with Crippen LogP contribution in [0.3, 0.4) is 0 Å². The number of amides is 1. The third-order valence-corrected chi connectivity index (χ3v) is 5.16. The van der Waals surface area contributed by atoms with Gasteiger partial charge in [-0.05, 0) is 50.1 Å². The van der Waals surface area contributed by atoms with E-state index in [0.717, 1.165) is 22.0 Å². The molecule has 0 fully saturated rings. The molecule has 0 saturated heterocycles. The Hall–Kier alpha value is -3.39. The molecule has 8 heteroatoms. The van der Waals surface area contributed by atoms with Gasteiger partial charge in [0.15, 0.2) is 18.1 Å². The Kier molecular flexibility index (Phi) is 8.00. The average molecular weight is 439 g/mol. The van der Waals surface area contributed by atoms with Crippen LogP contribution in [-0.4, -0.2) is 30.3 Å².